The van der Waals surface area contributed by atoms with Gasteiger partial charge in [-0.2, -0.15) is 0 Å². The second kappa shape index (κ2) is 14.9. The van der Waals surface area contributed by atoms with E-state index in [4.69, 9.17) is 0 Å². The summed E-state index contributed by atoms with van der Waals surface area (Å²) in [5.74, 6) is 0. The van der Waals surface area contributed by atoms with E-state index >= 15 is 0 Å². The average molecular weight is 743 g/mol. The predicted molar refractivity (Wildman–Crippen MR) is 249 cm³/mol. The van der Waals surface area contributed by atoms with Crippen molar-refractivity contribution in [2.24, 2.45) is 0 Å². The summed E-state index contributed by atoms with van der Waals surface area (Å²) in [6, 6.07) is 79.2. The van der Waals surface area contributed by atoms with Gasteiger partial charge < -0.3 is 9.80 Å². The Balaban J connectivity index is 1.07. The van der Waals surface area contributed by atoms with E-state index in [1.807, 2.05) is 0 Å². The van der Waals surface area contributed by atoms with Crippen LogP contribution in [0.4, 0.5) is 34.1 Å². The molecule has 0 saturated carbocycles. The van der Waals surface area contributed by atoms with Gasteiger partial charge in [0.2, 0.25) is 0 Å². The number of fused-ring (bicyclic) bond motifs is 5. The largest absolute Gasteiger partial charge is 0.310 e. The summed E-state index contributed by atoms with van der Waals surface area (Å²) in [4.78, 5) is 4.69. The maximum absolute atomic E-state index is 2.41. The van der Waals surface area contributed by atoms with Crippen LogP contribution in [0.15, 0.2) is 218 Å². The highest BCUT2D eigenvalue weighted by Crippen LogP contribution is 2.43. The van der Waals surface area contributed by atoms with Crippen molar-refractivity contribution in [2.75, 3.05) is 9.80 Å². The van der Waals surface area contributed by atoms with Gasteiger partial charge >= 0.3 is 0 Å². The molecule has 2 nitrogen and oxygen atoms in total. The van der Waals surface area contributed by atoms with Gasteiger partial charge in [0, 0.05) is 34.1 Å². The van der Waals surface area contributed by atoms with Crippen molar-refractivity contribution >= 4 is 66.4 Å². The Morgan fingerprint density at radius 2 is 0.638 bits per heavy atom. The zero-order valence-corrected chi connectivity index (χ0v) is 32.7. The van der Waals surface area contributed by atoms with E-state index in [0.29, 0.717) is 0 Å². The number of aryl methyl sites for hydroxylation is 2. The van der Waals surface area contributed by atoms with Crippen LogP contribution in [0.1, 0.15) is 11.1 Å². The number of benzene rings is 10. The molecule has 0 N–H and O–H groups in total. The van der Waals surface area contributed by atoms with Crippen molar-refractivity contribution < 1.29 is 0 Å². The lowest BCUT2D eigenvalue weighted by Crippen LogP contribution is -2.11. The first-order valence-corrected chi connectivity index (χ1v) is 20.0. The van der Waals surface area contributed by atoms with Crippen LogP contribution in [0.5, 0.6) is 0 Å². The van der Waals surface area contributed by atoms with Gasteiger partial charge in [-0.15, -0.1) is 0 Å². The van der Waals surface area contributed by atoms with E-state index in [1.54, 1.807) is 0 Å². The quantitative estimate of drug-likeness (QED) is 0.143. The zero-order valence-electron chi connectivity index (χ0n) is 32.7. The third kappa shape index (κ3) is 6.26. The summed E-state index contributed by atoms with van der Waals surface area (Å²) in [5.41, 5.74) is 14.2. The first-order chi connectivity index (χ1) is 28.6. The molecule has 0 aromatic heterocycles. The van der Waals surface area contributed by atoms with Crippen LogP contribution in [0.25, 0.3) is 54.6 Å². The number of hydrogen-bond acceptors (Lipinski definition) is 2. The molecule has 0 bridgehead atoms. The molecule has 0 radical (unpaired) electrons. The molecule has 0 amide bonds. The standard InChI is InChI=1S/C56H42N2/c1-39-16-9-13-26-55(39)57(43-18-5-3-6-19-43)45-32-28-41(29-33-45)47-24-15-25-50-51(47)36-37-52-48-22-11-12-23-49(48)53(38-54(50)52)42-30-34-46(35-31-42)58(44-20-7-4-8-21-44)56-27-14-10-17-40(56)2/h3-38H,1-2H3. The van der Waals surface area contributed by atoms with Gasteiger partial charge in [0.15, 0.2) is 0 Å². The molecule has 0 heterocycles. The minimum Gasteiger partial charge on any atom is -0.310 e. The SMILES string of the molecule is Cc1ccccc1N(c1ccccc1)c1ccc(-c2cc3c4cccc(-c5ccc(N(c6ccccc6)c6ccccc6C)cc5)c4ccc3c3ccccc23)cc1. The molecule has 0 aliphatic carbocycles. The van der Waals surface area contributed by atoms with Crippen molar-refractivity contribution in [3.8, 4) is 22.3 Å². The number of rotatable bonds is 8. The predicted octanol–water partition coefficient (Wildman–Crippen LogP) is 16.0. The van der Waals surface area contributed by atoms with Crippen molar-refractivity contribution in [3.05, 3.63) is 230 Å². The van der Waals surface area contributed by atoms with E-state index in [-0.39, 0.29) is 0 Å². The lowest BCUT2D eigenvalue weighted by molar-refractivity contribution is 1.25. The normalized spacial score (nSPS) is 11.3. The summed E-state index contributed by atoms with van der Waals surface area (Å²) in [7, 11) is 0. The molecule has 0 spiro atoms. The van der Waals surface area contributed by atoms with E-state index < -0.39 is 0 Å². The Morgan fingerprint density at radius 3 is 1.19 bits per heavy atom. The minimum absolute atomic E-state index is 1.13. The lowest BCUT2D eigenvalue weighted by atomic mass is 9.89. The molecule has 0 unspecified atom stereocenters. The van der Waals surface area contributed by atoms with Gasteiger partial charge in [-0.05, 0) is 146 Å². The number of anilines is 6. The summed E-state index contributed by atoms with van der Waals surface area (Å²) in [5, 5.41) is 7.54. The number of hydrogen-bond donors (Lipinski definition) is 0. The van der Waals surface area contributed by atoms with Crippen molar-refractivity contribution in [1.82, 2.24) is 0 Å². The Labute approximate surface area is 340 Å². The van der Waals surface area contributed by atoms with Crippen LogP contribution in [0.3, 0.4) is 0 Å². The fourth-order valence-corrected chi connectivity index (χ4v) is 8.65. The zero-order chi connectivity index (χ0) is 39.0. The van der Waals surface area contributed by atoms with Crippen molar-refractivity contribution in [2.45, 2.75) is 13.8 Å². The number of para-hydroxylation sites is 4. The molecule has 0 aliphatic heterocycles. The van der Waals surface area contributed by atoms with Gasteiger partial charge in [-0.3, -0.25) is 0 Å². The number of nitrogens with zero attached hydrogens (tertiary/aromatic N) is 2. The molecule has 0 atom stereocenters. The smallest absolute Gasteiger partial charge is 0.0490 e. The molecule has 58 heavy (non-hydrogen) atoms. The second-order valence-corrected chi connectivity index (χ2v) is 15.0. The van der Waals surface area contributed by atoms with Crippen LogP contribution in [0, 0.1) is 13.8 Å². The monoisotopic (exact) mass is 742 g/mol. The topological polar surface area (TPSA) is 6.48 Å². The van der Waals surface area contributed by atoms with Crippen LogP contribution in [0.2, 0.25) is 0 Å². The summed E-state index contributed by atoms with van der Waals surface area (Å²) < 4.78 is 0. The van der Waals surface area contributed by atoms with E-state index in [2.05, 4.69) is 242 Å². The maximum atomic E-state index is 2.41. The Hall–Kier alpha value is -7.42. The molecule has 0 fully saturated rings. The molecule has 0 aliphatic rings. The Morgan fingerprint density at radius 1 is 0.259 bits per heavy atom. The van der Waals surface area contributed by atoms with Crippen LogP contribution in [-0.2, 0) is 0 Å². The van der Waals surface area contributed by atoms with Crippen LogP contribution in [-0.4, -0.2) is 0 Å². The highest BCUT2D eigenvalue weighted by atomic mass is 15.1. The van der Waals surface area contributed by atoms with Gasteiger partial charge in [-0.1, -0.05) is 152 Å². The van der Waals surface area contributed by atoms with E-state index in [0.717, 1.165) is 22.7 Å². The molecule has 10 aromatic rings. The third-order valence-electron chi connectivity index (χ3n) is 11.5. The summed E-state index contributed by atoms with van der Waals surface area (Å²) in [6.07, 6.45) is 0. The average Bonchev–Trinajstić information content (AvgIpc) is 3.28. The molecule has 10 aromatic carbocycles. The molecular weight excluding hydrogens is 701 g/mol. The van der Waals surface area contributed by atoms with Gasteiger partial charge in [0.05, 0.1) is 0 Å². The fraction of sp³-hybridized carbons (Fsp3) is 0.0357. The summed E-state index contributed by atoms with van der Waals surface area (Å²) in [6.45, 7) is 4.35. The van der Waals surface area contributed by atoms with Gasteiger partial charge in [-0.25, -0.2) is 0 Å². The first kappa shape index (κ1) is 35.0. The van der Waals surface area contributed by atoms with E-state index in [1.165, 1.54) is 77.1 Å². The second-order valence-electron chi connectivity index (χ2n) is 15.0. The third-order valence-corrected chi connectivity index (χ3v) is 11.5. The maximum Gasteiger partial charge on any atom is 0.0490 e. The Bertz CT molecular complexity index is 3060. The molecule has 276 valence electrons. The molecule has 0 saturated heterocycles. The first-order valence-electron chi connectivity index (χ1n) is 20.0. The summed E-state index contributed by atoms with van der Waals surface area (Å²) >= 11 is 0. The van der Waals surface area contributed by atoms with Gasteiger partial charge in [0.1, 0.15) is 0 Å². The van der Waals surface area contributed by atoms with Crippen molar-refractivity contribution in [3.63, 3.8) is 0 Å². The molecular formula is C56H42N2. The van der Waals surface area contributed by atoms with Crippen LogP contribution >= 0.6 is 0 Å². The van der Waals surface area contributed by atoms with Crippen LogP contribution < -0.4 is 9.80 Å². The van der Waals surface area contributed by atoms with Gasteiger partial charge in [0.25, 0.3) is 0 Å². The molecule has 2 heteroatoms. The molecule has 10 rings (SSSR count). The minimum atomic E-state index is 1.13. The highest BCUT2D eigenvalue weighted by molar-refractivity contribution is 6.22. The van der Waals surface area contributed by atoms with E-state index in [9.17, 15) is 0 Å². The highest BCUT2D eigenvalue weighted by Gasteiger charge is 2.18. The van der Waals surface area contributed by atoms with Crippen molar-refractivity contribution in [1.29, 1.82) is 0 Å². The fourth-order valence-electron chi connectivity index (χ4n) is 8.65. The lowest BCUT2D eigenvalue weighted by Gasteiger charge is -2.27. The Kier molecular flexibility index (Phi) is 9.01.